The Labute approximate surface area is 126 Å². The molecule has 0 bridgehead atoms. The highest BCUT2D eigenvalue weighted by atomic mass is 32.2. The van der Waals surface area contributed by atoms with Crippen molar-refractivity contribution in [3.8, 4) is 0 Å². The van der Waals surface area contributed by atoms with Gasteiger partial charge in [-0.3, -0.25) is 0 Å². The van der Waals surface area contributed by atoms with Crippen molar-refractivity contribution in [3.05, 3.63) is 30.5 Å². The number of aromatic nitrogens is 1. The standard InChI is InChI=1S/C16H22N2O2S/c1-21(19,20)14-7-5-11-17-15(14)18-12-6-10-16(13-18)8-3-2-4-9-16/h2-3,5,7,11H,4,6,8-10,12-13H2,1H3. The van der Waals surface area contributed by atoms with Crippen molar-refractivity contribution in [3.63, 3.8) is 0 Å². The van der Waals surface area contributed by atoms with Crippen LogP contribution in [0, 0.1) is 5.41 Å². The Morgan fingerprint density at radius 2 is 2.14 bits per heavy atom. The fourth-order valence-corrected chi connectivity index (χ4v) is 4.45. The van der Waals surface area contributed by atoms with Crippen molar-refractivity contribution in [2.75, 3.05) is 24.2 Å². The first-order valence-corrected chi connectivity index (χ1v) is 9.44. The number of piperidine rings is 1. The molecular weight excluding hydrogens is 284 g/mol. The normalized spacial score (nSPS) is 26.2. The number of anilines is 1. The monoisotopic (exact) mass is 306 g/mol. The van der Waals surface area contributed by atoms with Crippen LogP contribution in [0.25, 0.3) is 0 Å². The molecule has 5 heteroatoms. The summed E-state index contributed by atoms with van der Waals surface area (Å²) in [5, 5.41) is 0. The Kier molecular flexibility index (Phi) is 3.78. The first-order chi connectivity index (χ1) is 10.0. The van der Waals surface area contributed by atoms with Gasteiger partial charge in [0, 0.05) is 25.5 Å². The second-order valence-corrected chi connectivity index (χ2v) is 8.32. The zero-order valence-electron chi connectivity index (χ0n) is 12.5. The van der Waals surface area contributed by atoms with E-state index >= 15 is 0 Å². The van der Waals surface area contributed by atoms with Crippen LogP contribution in [-0.4, -0.2) is 32.7 Å². The summed E-state index contributed by atoms with van der Waals surface area (Å²) in [5.74, 6) is 0.633. The highest BCUT2D eigenvalue weighted by molar-refractivity contribution is 7.90. The van der Waals surface area contributed by atoms with E-state index in [0.717, 1.165) is 32.4 Å². The maximum absolute atomic E-state index is 12.0. The number of hydrogen-bond acceptors (Lipinski definition) is 4. The van der Waals surface area contributed by atoms with Gasteiger partial charge in [-0.1, -0.05) is 12.2 Å². The molecule has 114 valence electrons. The zero-order valence-corrected chi connectivity index (χ0v) is 13.3. The van der Waals surface area contributed by atoms with Crippen LogP contribution in [0.15, 0.2) is 35.4 Å². The van der Waals surface area contributed by atoms with Gasteiger partial charge in [-0.05, 0) is 49.7 Å². The zero-order chi connectivity index (χ0) is 14.9. The molecule has 1 spiro atoms. The number of nitrogens with zero attached hydrogens (tertiary/aromatic N) is 2. The SMILES string of the molecule is CS(=O)(=O)c1cccnc1N1CCCC2(CC=CCC2)C1. The van der Waals surface area contributed by atoms with E-state index < -0.39 is 9.84 Å². The molecule has 1 atom stereocenters. The second-order valence-electron chi connectivity index (χ2n) is 6.34. The average molecular weight is 306 g/mol. The minimum absolute atomic E-state index is 0.305. The van der Waals surface area contributed by atoms with Crippen molar-refractivity contribution in [1.29, 1.82) is 0 Å². The van der Waals surface area contributed by atoms with Gasteiger partial charge in [0.2, 0.25) is 0 Å². The molecule has 1 unspecified atom stereocenters. The van der Waals surface area contributed by atoms with E-state index in [1.165, 1.54) is 19.1 Å². The number of pyridine rings is 1. The predicted octanol–water partition coefficient (Wildman–Crippen LogP) is 2.81. The molecule has 1 aliphatic heterocycles. The third-order valence-electron chi connectivity index (χ3n) is 4.67. The van der Waals surface area contributed by atoms with Gasteiger partial charge >= 0.3 is 0 Å². The molecule has 0 aromatic carbocycles. The van der Waals surface area contributed by atoms with Crippen molar-refractivity contribution >= 4 is 15.7 Å². The molecule has 4 nitrogen and oxygen atoms in total. The summed E-state index contributed by atoms with van der Waals surface area (Å²) in [5.41, 5.74) is 0.305. The Morgan fingerprint density at radius 1 is 1.29 bits per heavy atom. The van der Waals surface area contributed by atoms with Crippen molar-refractivity contribution in [1.82, 2.24) is 4.98 Å². The third kappa shape index (κ3) is 2.98. The Balaban J connectivity index is 1.92. The fourth-order valence-electron chi connectivity index (χ4n) is 3.61. The Morgan fingerprint density at radius 3 is 2.86 bits per heavy atom. The minimum Gasteiger partial charge on any atom is -0.355 e. The lowest BCUT2D eigenvalue weighted by Gasteiger charge is -2.44. The minimum atomic E-state index is -3.24. The van der Waals surface area contributed by atoms with Gasteiger partial charge in [-0.2, -0.15) is 0 Å². The molecule has 1 aromatic rings. The van der Waals surface area contributed by atoms with E-state index in [0.29, 0.717) is 16.1 Å². The van der Waals surface area contributed by atoms with Gasteiger partial charge in [-0.25, -0.2) is 13.4 Å². The van der Waals surface area contributed by atoms with Crippen LogP contribution >= 0.6 is 0 Å². The number of allylic oxidation sites excluding steroid dienone is 2. The van der Waals surface area contributed by atoms with Crippen LogP contribution in [0.3, 0.4) is 0 Å². The number of hydrogen-bond donors (Lipinski definition) is 0. The summed E-state index contributed by atoms with van der Waals surface area (Å²) in [7, 11) is -3.24. The Hall–Kier alpha value is -1.36. The van der Waals surface area contributed by atoms with E-state index in [1.54, 1.807) is 18.3 Å². The van der Waals surface area contributed by atoms with Crippen molar-refractivity contribution in [2.45, 2.75) is 37.0 Å². The molecule has 0 saturated carbocycles. The maximum atomic E-state index is 12.0. The topological polar surface area (TPSA) is 50.3 Å². The summed E-state index contributed by atoms with van der Waals surface area (Å²) in [4.78, 5) is 6.91. The van der Waals surface area contributed by atoms with E-state index in [1.807, 2.05) is 0 Å². The van der Waals surface area contributed by atoms with Crippen LogP contribution in [0.5, 0.6) is 0 Å². The van der Waals surface area contributed by atoms with Gasteiger partial charge < -0.3 is 4.90 Å². The lowest BCUT2D eigenvalue weighted by atomic mass is 9.71. The predicted molar refractivity (Wildman–Crippen MR) is 84.2 cm³/mol. The molecule has 21 heavy (non-hydrogen) atoms. The molecule has 1 fully saturated rings. The molecule has 1 aromatic heterocycles. The van der Waals surface area contributed by atoms with Gasteiger partial charge in [0.1, 0.15) is 10.7 Å². The van der Waals surface area contributed by atoms with E-state index in [-0.39, 0.29) is 0 Å². The highest BCUT2D eigenvalue weighted by Gasteiger charge is 2.36. The van der Waals surface area contributed by atoms with E-state index in [4.69, 9.17) is 0 Å². The smallest absolute Gasteiger partial charge is 0.179 e. The lowest BCUT2D eigenvalue weighted by molar-refractivity contribution is 0.208. The Bertz CT molecular complexity index is 654. The molecular formula is C16H22N2O2S. The summed E-state index contributed by atoms with van der Waals surface area (Å²) in [6, 6.07) is 3.36. The first kappa shape index (κ1) is 14.6. The average Bonchev–Trinajstić information content (AvgIpc) is 2.47. The van der Waals surface area contributed by atoms with E-state index in [2.05, 4.69) is 22.0 Å². The van der Waals surface area contributed by atoms with Crippen LogP contribution < -0.4 is 4.90 Å². The quantitative estimate of drug-likeness (QED) is 0.788. The summed E-state index contributed by atoms with van der Waals surface area (Å²) in [6.45, 7) is 1.81. The second kappa shape index (κ2) is 5.44. The first-order valence-electron chi connectivity index (χ1n) is 7.55. The fraction of sp³-hybridized carbons (Fsp3) is 0.562. The third-order valence-corrected chi connectivity index (χ3v) is 5.79. The summed E-state index contributed by atoms with van der Waals surface area (Å²) < 4.78 is 24.0. The molecule has 0 N–H and O–H groups in total. The molecule has 0 radical (unpaired) electrons. The highest BCUT2D eigenvalue weighted by Crippen LogP contribution is 2.42. The van der Waals surface area contributed by atoms with E-state index in [9.17, 15) is 8.42 Å². The van der Waals surface area contributed by atoms with Gasteiger partial charge in [0.05, 0.1) is 0 Å². The van der Waals surface area contributed by atoms with Crippen LogP contribution in [-0.2, 0) is 9.84 Å². The number of sulfone groups is 1. The van der Waals surface area contributed by atoms with Crippen LogP contribution in [0.4, 0.5) is 5.82 Å². The van der Waals surface area contributed by atoms with Crippen molar-refractivity contribution in [2.24, 2.45) is 5.41 Å². The maximum Gasteiger partial charge on any atom is 0.179 e. The van der Waals surface area contributed by atoms with Crippen LogP contribution in [0.1, 0.15) is 32.1 Å². The molecule has 2 heterocycles. The molecule has 1 saturated heterocycles. The van der Waals surface area contributed by atoms with Gasteiger partial charge in [0.15, 0.2) is 9.84 Å². The molecule has 2 aliphatic rings. The molecule has 3 rings (SSSR count). The van der Waals surface area contributed by atoms with Crippen LogP contribution in [0.2, 0.25) is 0 Å². The summed E-state index contributed by atoms with van der Waals surface area (Å²) in [6.07, 6.45) is 13.3. The lowest BCUT2D eigenvalue weighted by Crippen LogP contribution is -2.44. The number of rotatable bonds is 2. The largest absolute Gasteiger partial charge is 0.355 e. The summed E-state index contributed by atoms with van der Waals surface area (Å²) >= 11 is 0. The molecule has 0 amide bonds. The molecule has 1 aliphatic carbocycles. The van der Waals surface area contributed by atoms with Gasteiger partial charge in [-0.15, -0.1) is 0 Å². The van der Waals surface area contributed by atoms with Crippen molar-refractivity contribution < 1.29 is 8.42 Å². The van der Waals surface area contributed by atoms with Gasteiger partial charge in [0.25, 0.3) is 0 Å².